The lowest BCUT2D eigenvalue weighted by atomic mass is 9.39. The van der Waals surface area contributed by atoms with Crippen LogP contribution in [-0.2, 0) is 4.79 Å². The van der Waals surface area contributed by atoms with E-state index in [-0.39, 0.29) is 0 Å². The van der Waals surface area contributed by atoms with Gasteiger partial charge in [0.25, 0.3) is 0 Å². The van der Waals surface area contributed by atoms with Crippen molar-refractivity contribution in [1.82, 2.24) is 0 Å². The molecule has 4 rings (SSSR count). The summed E-state index contributed by atoms with van der Waals surface area (Å²) in [6.07, 6.45) is 12.4. The summed E-state index contributed by atoms with van der Waals surface area (Å²) in [5.74, 6) is 4.41. The molecule has 24 heavy (non-hydrogen) atoms. The minimum absolute atomic E-state index is 0.294. The van der Waals surface area contributed by atoms with Crippen LogP contribution in [0.4, 0.5) is 0 Å². The molecule has 4 fully saturated rings. The van der Waals surface area contributed by atoms with Crippen LogP contribution in [0.2, 0.25) is 0 Å². The predicted octanol–water partition coefficient (Wildman–Crippen LogP) is 6.26. The Balaban J connectivity index is 1.68. The Morgan fingerprint density at radius 1 is 0.792 bits per heavy atom. The monoisotopic (exact) mass is 330 g/mol. The van der Waals surface area contributed by atoms with Crippen molar-refractivity contribution in [2.24, 2.45) is 45.8 Å². The van der Waals surface area contributed by atoms with Crippen molar-refractivity contribution in [2.45, 2.75) is 92.4 Å². The SMILES string of the molecule is CC(=O)[C@H]1CCC2C3(C)CCC4C[C@@H](C)CC[C@]4(C)C3CC[C@@]21C. The Bertz CT molecular complexity index is 538. The molecule has 1 nitrogen and oxygen atoms in total. The normalized spacial score (nSPS) is 57.0. The van der Waals surface area contributed by atoms with E-state index in [0.29, 0.717) is 27.9 Å². The molecule has 0 heterocycles. The van der Waals surface area contributed by atoms with Crippen molar-refractivity contribution in [1.29, 1.82) is 0 Å². The lowest BCUT2D eigenvalue weighted by Crippen LogP contribution is -2.58. The van der Waals surface area contributed by atoms with Crippen LogP contribution in [0.15, 0.2) is 0 Å². The smallest absolute Gasteiger partial charge is 0.133 e. The number of carbonyl (C=O) groups is 1. The molecule has 0 amide bonds. The molecule has 0 aromatic carbocycles. The zero-order valence-corrected chi connectivity index (χ0v) is 16.7. The van der Waals surface area contributed by atoms with Crippen LogP contribution in [-0.4, -0.2) is 5.78 Å². The number of rotatable bonds is 1. The molecule has 4 saturated carbocycles. The second-order valence-electron chi connectivity index (χ2n) is 11.0. The molecule has 0 aromatic rings. The van der Waals surface area contributed by atoms with Gasteiger partial charge >= 0.3 is 0 Å². The van der Waals surface area contributed by atoms with Crippen LogP contribution in [0.1, 0.15) is 92.4 Å². The average Bonchev–Trinajstić information content (AvgIpc) is 2.87. The Morgan fingerprint density at radius 2 is 1.42 bits per heavy atom. The van der Waals surface area contributed by atoms with Gasteiger partial charge in [0.1, 0.15) is 5.78 Å². The van der Waals surface area contributed by atoms with Gasteiger partial charge in [0.15, 0.2) is 0 Å². The average molecular weight is 331 g/mol. The fourth-order valence-corrected chi connectivity index (χ4v) is 8.82. The minimum atomic E-state index is 0.294. The first kappa shape index (κ1) is 17.1. The first-order valence-electron chi connectivity index (χ1n) is 10.7. The summed E-state index contributed by atoms with van der Waals surface area (Å²) < 4.78 is 0. The van der Waals surface area contributed by atoms with Crippen molar-refractivity contribution in [3.05, 3.63) is 0 Å². The van der Waals surface area contributed by atoms with E-state index in [9.17, 15) is 4.79 Å². The summed E-state index contributed by atoms with van der Waals surface area (Å²) in [4.78, 5) is 12.3. The highest BCUT2D eigenvalue weighted by Gasteiger charge is 2.65. The maximum Gasteiger partial charge on any atom is 0.133 e. The zero-order chi connectivity index (χ0) is 17.3. The molecule has 8 atom stereocenters. The molecule has 0 N–H and O–H groups in total. The summed E-state index contributed by atoms with van der Waals surface area (Å²) >= 11 is 0. The number of Topliss-reactive ketones (excluding diaryl/α,β-unsaturated/α-hetero) is 1. The Kier molecular flexibility index (Phi) is 3.80. The highest BCUT2D eigenvalue weighted by atomic mass is 16.1. The summed E-state index contributed by atoms with van der Waals surface area (Å²) in [5, 5.41) is 0. The first-order chi connectivity index (χ1) is 11.2. The quantitative estimate of drug-likeness (QED) is 0.554. The third kappa shape index (κ3) is 2.08. The largest absolute Gasteiger partial charge is 0.300 e. The summed E-state index contributed by atoms with van der Waals surface area (Å²) in [7, 11) is 0. The van der Waals surface area contributed by atoms with Gasteiger partial charge < -0.3 is 0 Å². The fourth-order valence-electron chi connectivity index (χ4n) is 8.82. The fraction of sp³-hybridized carbons (Fsp3) is 0.957. The van der Waals surface area contributed by atoms with Crippen molar-refractivity contribution in [3.63, 3.8) is 0 Å². The molecule has 0 spiro atoms. The van der Waals surface area contributed by atoms with Gasteiger partial charge in [-0.1, -0.05) is 34.1 Å². The van der Waals surface area contributed by atoms with Crippen LogP contribution in [0.5, 0.6) is 0 Å². The van der Waals surface area contributed by atoms with Gasteiger partial charge in [-0.3, -0.25) is 4.79 Å². The van der Waals surface area contributed by atoms with E-state index in [1.54, 1.807) is 0 Å². The number of hydrogen-bond acceptors (Lipinski definition) is 1. The molecule has 4 unspecified atom stereocenters. The molecule has 0 aliphatic heterocycles. The maximum absolute atomic E-state index is 12.3. The van der Waals surface area contributed by atoms with Gasteiger partial charge in [-0.2, -0.15) is 0 Å². The maximum atomic E-state index is 12.3. The standard InChI is InChI=1S/C23H38O/c1-15-8-11-21(3)17(14-15)9-12-23(5)19-7-6-18(16(2)24)22(19,4)13-10-20(21)23/h15,17-20H,6-14H2,1-5H3/t15-,17?,18+,19?,20?,21-,22+,23?/m0/s1. The lowest BCUT2D eigenvalue weighted by molar-refractivity contribution is -0.170. The van der Waals surface area contributed by atoms with E-state index in [4.69, 9.17) is 0 Å². The third-order valence-corrected chi connectivity index (χ3v) is 10.0. The van der Waals surface area contributed by atoms with Gasteiger partial charge in [0.05, 0.1) is 0 Å². The Labute approximate surface area is 149 Å². The Morgan fingerprint density at radius 3 is 2.12 bits per heavy atom. The molecule has 4 aliphatic carbocycles. The number of carbonyl (C=O) groups excluding carboxylic acids is 1. The first-order valence-corrected chi connectivity index (χ1v) is 10.7. The van der Waals surface area contributed by atoms with E-state index in [2.05, 4.69) is 27.7 Å². The van der Waals surface area contributed by atoms with Crippen LogP contribution in [0, 0.1) is 45.8 Å². The lowest BCUT2D eigenvalue weighted by Gasteiger charge is -2.66. The molecular formula is C23H38O. The second-order valence-corrected chi connectivity index (χ2v) is 11.0. The van der Waals surface area contributed by atoms with Crippen LogP contribution in [0.25, 0.3) is 0 Å². The molecule has 136 valence electrons. The van der Waals surface area contributed by atoms with Gasteiger partial charge in [-0.05, 0) is 98.2 Å². The third-order valence-electron chi connectivity index (χ3n) is 10.0. The number of ketones is 1. The van der Waals surface area contributed by atoms with Crippen molar-refractivity contribution >= 4 is 5.78 Å². The number of fused-ring (bicyclic) bond motifs is 5. The summed E-state index contributed by atoms with van der Waals surface area (Å²) in [6.45, 7) is 12.1. The van der Waals surface area contributed by atoms with Gasteiger partial charge in [0, 0.05) is 5.92 Å². The van der Waals surface area contributed by atoms with Gasteiger partial charge in [-0.15, -0.1) is 0 Å². The molecule has 0 bridgehead atoms. The highest BCUT2D eigenvalue weighted by molar-refractivity contribution is 5.79. The van der Waals surface area contributed by atoms with E-state index >= 15 is 0 Å². The zero-order valence-electron chi connectivity index (χ0n) is 16.7. The predicted molar refractivity (Wildman–Crippen MR) is 99.7 cm³/mol. The van der Waals surface area contributed by atoms with Crippen molar-refractivity contribution in [2.75, 3.05) is 0 Å². The van der Waals surface area contributed by atoms with Gasteiger partial charge in [0.2, 0.25) is 0 Å². The molecule has 0 aromatic heterocycles. The van der Waals surface area contributed by atoms with E-state index in [1.807, 2.05) is 6.92 Å². The Hall–Kier alpha value is -0.330. The molecule has 0 saturated heterocycles. The molecular weight excluding hydrogens is 292 g/mol. The van der Waals surface area contributed by atoms with Crippen LogP contribution >= 0.6 is 0 Å². The summed E-state index contributed by atoms with van der Waals surface area (Å²) in [5.41, 5.74) is 1.36. The van der Waals surface area contributed by atoms with E-state index in [0.717, 1.165) is 30.1 Å². The van der Waals surface area contributed by atoms with Crippen molar-refractivity contribution < 1.29 is 4.79 Å². The molecule has 1 heteroatoms. The van der Waals surface area contributed by atoms with Gasteiger partial charge in [-0.25, -0.2) is 0 Å². The van der Waals surface area contributed by atoms with Crippen molar-refractivity contribution in [3.8, 4) is 0 Å². The second kappa shape index (κ2) is 5.34. The summed E-state index contributed by atoms with van der Waals surface area (Å²) in [6, 6.07) is 0. The number of hydrogen-bond donors (Lipinski definition) is 0. The minimum Gasteiger partial charge on any atom is -0.300 e. The van der Waals surface area contributed by atoms with E-state index < -0.39 is 0 Å². The van der Waals surface area contributed by atoms with Crippen LogP contribution < -0.4 is 0 Å². The highest BCUT2D eigenvalue weighted by Crippen LogP contribution is 2.72. The molecule has 0 radical (unpaired) electrons. The topological polar surface area (TPSA) is 17.1 Å². The van der Waals surface area contributed by atoms with E-state index in [1.165, 1.54) is 51.4 Å². The molecule has 4 aliphatic rings. The van der Waals surface area contributed by atoms with Crippen LogP contribution in [0.3, 0.4) is 0 Å².